The average molecular weight is 578 g/mol. The van der Waals surface area contributed by atoms with Crippen molar-refractivity contribution in [1.29, 1.82) is 5.26 Å². The van der Waals surface area contributed by atoms with E-state index in [1.807, 2.05) is 19.9 Å². The van der Waals surface area contributed by atoms with Gasteiger partial charge >= 0.3 is 5.97 Å². The van der Waals surface area contributed by atoms with Crippen molar-refractivity contribution in [3.63, 3.8) is 0 Å². The van der Waals surface area contributed by atoms with Crippen LogP contribution in [-0.4, -0.2) is 37.1 Å². The van der Waals surface area contributed by atoms with E-state index in [1.54, 1.807) is 25.1 Å². The molecule has 0 amide bonds. The van der Waals surface area contributed by atoms with Crippen molar-refractivity contribution in [1.82, 2.24) is 0 Å². The molecule has 0 aliphatic carbocycles. The number of carbonyl (C=O) groups excluding carboxylic acids is 2. The standard InChI is InChI=1S/C23H20BrN3O8S/c1-12(11-36-22(29)14-7-15(26(30)31)9-16(8-14)27(32)33)21(28)34-19-17-6-13(10-25)4-5-18(17)35-23(2,3)20(19)24/h4-9,12,19-20H,11H2,1-3H3/t12-,19-,20+/m1/s1. The molecule has 11 nitrogen and oxygen atoms in total. The van der Waals surface area contributed by atoms with Crippen LogP contribution in [0.3, 0.4) is 0 Å². The van der Waals surface area contributed by atoms with Crippen LogP contribution in [0.25, 0.3) is 0 Å². The zero-order valence-corrected chi connectivity index (χ0v) is 21.7. The number of nitro groups is 2. The molecule has 188 valence electrons. The molecule has 0 spiro atoms. The number of thioether (sulfide) groups is 1. The van der Waals surface area contributed by atoms with Gasteiger partial charge in [0.2, 0.25) is 5.12 Å². The summed E-state index contributed by atoms with van der Waals surface area (Å²) in [5.41, 5.74) is -1.22. The number of ether oxygens (including phenoxy) is 2. The number of fused-ring (bicyclic) bond motifs is 1. The van der Waals surface area contributed by atoms with Crippen LogP contribution in [0.15, 0.2) is 36.4 Å². The van der Waals surface area contributed by atoms with Crippen molar-refractivity contribution in [2.45, 2.75) is 37.3 Å². The molecule has 1 aliphatic heterocycles. The highest BCUT2D eigenvalue weighted by molar-refractivity contribution is 9.09. The lowest BCUT2D eigenvalue weighted by Gasteiger charge is -2.41. The number of alkyl halides is 1. The summed E-state index contributed by atoms with van der Waals surface area (Å²) in [6, 6.07) is 9.56. The van der Waals surface area contributed by atoms with E-state index < -0.39 is 54.8 Å². The van der Waals surface area contributed by atoms with Gasteiger partial charge in [0.05, 0.1) is 38.3 Å². The second-order valence-electron chi connectivity index (χ2n) is 8.58. The summed E-state index contributed by atoms with van der Waals surface area (Å²) in [5, 5.41) is 30.7. The lowest BCUT2D eigenvalue weighted by Crippen LogP contribution is -2.47. The summed E-state index contributed by atoms with van der Waals surface area (Å²) in [6.07, 6.45) is -0.771. The van der Waals surface area contributed by atoms with Gasteiger partial charge in [-0.1, -0.05) is 34.6 Å². The third kappa shape index (κ3) is 5.83. The normalized spacial score (nSPS) is 18.6. The van der Waals surface area contributed by atoms with E-state index in [1.165, 1.54) is 0 Å². The van der Waals surface area contributed by atoms with Crippen LogP contribution in [0, 0.1) is 37.5 Å². The van der Waals surface area contributed by atoms with Crippen molar-refractivity contribution >= 4 is 50.2 Å². The van der Waals surface area contributed by atoms with E-state index >= 15 is 0 Å². The minimum atomic E-state index is -0.823. The molecular weight excluding hydrogens is 558 g/mol. The van der Waals surface area contributed by atoms with Gasteiger partial charge in [-0.3, -0.25) is 29.8 Å². The van der Waals surface area contributed by atoms with Gasteiger partial charge in [0, 0.05) is 29.0 Å². The van der Waals surface area contributed by atoms with Crippen molar-refractivity contribution in [3.8, 4) is 11.8 Å². The SMILES string of the molecule is C[C@H](CSC(=O)c1cc([N+](=O)[O-])cc([N+](=O)[O-])c1)C(=O)O[C@@H]1c2cc(C#N)ccc2OC(C)(C)[C@H]1Br. The summed E-state index contributed by atoms with van der Waals surface area (Å²) >= 11 is 4.24. The maximum Gasteiger partial charge on any atom is 0.310 e. The fraction of sp³-hybridized carbons (Fsp3) is 0.348. The second kappa shape index (κ2) is 10.6. The molecule has 0 saturated carbocycles. The van der Waals surface area contributed by atoms with Crippen molar-refractivity contribution in [2.75, 3.05) is 5.75 Å². The molecule has 0 bridgehead atoms. The van der Waals surface area contributed by atoms with Crippen LogP contribution < -0.4 is 4.74 Å². The molecule has 1 aliphatic rings. The number of nitriles is 1. The number of halogens is 1. The van der Waals surface area contributed by atoms with Gasteiger partial charge in [0.25, 0.3) is 11.4 Å². The van der Waals surface area contributed by atoms with E-state index in [-0.39, 0.29) is 11.3 Å². The monoisotopic (exact) mass is 577 g/mol. The highest BCUT2D eigenvalue weighted by atomic mass is 79.9. The molecule has 3 rings (SSSR count). The predicted molar refractivity (Wildman–Crippen MR) is 133 cm³/mol. The van der Waals surface area contributed by atoms with Crippen LogP contribution in [0.1, 0.15) is 48.4 Å². The van der Waals surface area contributed by atoms with Crippen molar-refractivity contribution in [3.05, 3.63) is 73.3 Å². The van der Waals surface area contributed by atoms with Crippen LogP contribution >= 0.6 is 27.7 Å². The third-order valence-electron chi connectivity index (χ3n) is 5.42. The van der Waals surface area contributed by atoms with E-state index in [2.05, 4.69) is 15.9 Å². The molecule has 13 heteroatoms. The van der Waals surface area contributed by atoms with E-state index in [9.17, 15) is 35.1 Å². The Balaban J connectivity index is 1.74. The Labute approximate surface area is 218 Å². The second-order valence-corrected chi connectivity index (χ2v) is 10.6. The molecule has 0 saturated heterocycles. The lowest BCUT2D eigenvalue weighted by atomic mass is 9.90. The van der Waals surface area contributed by atoms with E-state index in [0.29, 0.717) is 28.6 Å². The highest BCUT2D eigenvalue weighted by Gasteiger charge is 2.45. The number of benzene rings is 2. The smallest absolute Gasteiger partial charge is 0.310 e. The van der Waals surface area contributed by atoms with Crippen molar-refractivity contribution < 1.29 is 28.9 Å². The van der Waals surface area contributed by atoms with Gasteiger partial charge in [0.1, 0.15) is 17.5 Å². The number of nitro benzene ring substituents is 2. The molecule has 1 heterocycles. The predicted octanol–water partition coefficient (Wildman–Crippen LogP) is 5.10. The van der Waals surface area contributed by atoms with E-state index in [4.69, 9.17) is 9.47 Å². The number of esters is 1. The molecule has 2 aromatic carbocycles. The van der Waals surface area contributed by atoms with Gasteiger partial charge in [-0.05, 0) is 32.0 Å². The van der Waals surface area contributed by atoms with Gasteiger partial charge in [0.15, 0.2) is 0 Å². The summed E-state index contributed by atoms with van der Waals surface area (Å²) < 4.78 is 11.8. The number of hydrogen-bond acceptors (Lipinski definition) is 10. The zero-order valence-electron chi connectivity index (χ0n) is 19.3. The Morgan fingerprint density at radius 3 is 2.36 bits per heavy atom. The number of carbonyl (C=O) groups is 2. The lowest BCUT2D eigenvalue weighted by molar-refractivity contribution is -0.394. The Morgan fingerprint density at radius 2 is 1.81 bits per heavy atom. The molecule has 3 atom stereocenters. The fourth-order valence-corrected chi connectivity index (χ4v) is 4.74. The van der Waals surface area contributed by atoms with E-state index in [0.717, 1.165) is 18.2 Å². The summed E-state index contributed by atoms with van der Waals surface area (Å²) in [7, 11) is 0. The molecule has 0 N–H and O–H groups in total. The number of rotatable bonds is 7. The number of nitrogens with zero attached hydrogens (tertiary/aromatic N) is 3. The Morgan fingerprint density at radius 1 is 1.19 bits per heavy atom. The quantitative estimate of drug-likeness (QED) is 0.187. The minimum Gasteiger partial charge on any atom is -0.486 e. The molecule has 0 aromatic heterocycles. The van der Waals surface area contributed by atoms with Crippen molar-refractivity contribution in [2.24, 2.45) is 5.92 Å². The summed E-state index contributed by atoms with van der Waals surface area (Å²) in [6.45, 7) is 5.20. The molecule has 0 fully saturated rings. The van der Waals surface area contributed by atoms with Crippen LogP contribution in [0.4, 0.5) is 11.4 Å². The maximum absolute atomic E-state index is 12.9. The van der Waals surface area contributed by atoms with Crippen LogP contribution in [-0.2, 0) is 9.53 Å². The fourth-order valence-electron chi connectivity index (χ4n) is 3.44. The summed E-state index contributed by atoms with van der Waals surface area (Å²) in [4.78, 5) is 45.6. The Bertz CT molecular complexity index is 1260. The Hall–Kier alpha value is -3.50. The number of hydrogen-bond donors (Lipinski definition) is 0. The van der Waals surface area contributed by atoms with Gasteiger partial charge in [-0.2, -0.15) is 5.26 Å². The van der Waals surface area contributed by atoms with Gasteiger partial charge < -0.3 is 9.47 Å². The zero-order chi connectivity index (χ0) is 26.8. The maximum atomic E-state index is 12.9. The highest BCUT2D eigenvalue weighted by Crippen LogP contribution is 2.45. The molecule has 0 radical (unpaired) electrons. The van der Waals surface area contributed by atoms with Gasteiger partial charge in [-0.25, -0.2) is 0 Å². The molecule has 0 unspecified atom stereocenters. The first-order valence-electron chi connectivity index (χ1n) is 10.5. The topological polar surface area (TPSA) is 163 Å². The van der Waals surface area contributed by atoms with Crippen LogP contribution in [0.5, 0.6) is 5.75 Å². The minimum absolute atomic E-state index is 0.0290. The first-order valence-corrected chi connectivity index (χ1v) is 12.4. The first kappa shape index (κ1) is 27.1. The van der Waals surface area contributed by atoms with Crippen LogP contribution in [0.2, 0.25) is 0 Å². The largest absolute Gasteiger partial charge is 0.486 e. The first-order chi connectivity index (χ1) is 16.8. The van der Waals surface area contributed by atoms with Gasteiger partial charge in [-0.15, -0.1) is 0 Å². The Kier molecular flexibility index (Phi) is 8.00. The molecular formula is C23H20BrN3O8S. The molecule has 36 heavy (non-hydrogen) atoms. The number of non-ortho nitro benzene ring substituents is 2. The third-order valence-corrected chi connectivity index (χ3v) is 8.17. The average Bonchev–Trinajstić information content (AvgIpc) is 2.84. The summed E-state index contributed by atoms with van der Waals surface area (Å²) in [5.74, 6) is -0.919. The molecule has 2 aromatic rings.